The minimum absolute atomic E-state index is 0.0345. The van der Waals surface area contributed by atoms with Gasteiger partial charge in [-0.05, 0) is 13.0 Å². The van der Waals surface area contributed by atoms with Crippen LogP contribution in [0.5, 0.6) is 0 Å². The van der Waals surface area contributed by atoms with E-state index in [1.54, 1.807) is 7.11 Å². The standard InChI is InChI=1S/C11H18N2O2S/c1-8(4-6-15-2)11(14)9-7-16-10(13-9)3-5-12/h7-8H,3-6,12H2,1-2H3. The van der Waals surface area contributed by atoms with Gasteiger partial charge in [-0.25, -0.2) is 4.98 Å². The lowest BCUT2D eigenvalue weighted by atomic mass is 10.0. The maximum Gasteiger partial charge on any atom is 0.184 e. The Labute approximate surface area is 99.8 Å². The van der Waals surface area contributed by atoms with Crippen molar-refractivity contribution >= 4 is 17.1 Å². The largest absolute Gasteiger partial charge is 0.385 e. The Bertz CT molecular complexity index is 338. The SMILES string of the molecule is COCCC(C)C(=O)c1csc(CCN)n1. The van der Waals surface area contributed by atoms with Crippen molar-refractivity contribution in [2.75, 3.05) is 20.3 Å². The number of ether oxygens (including phenoxy) is 1. The molecule has 1 atom stereocenters. The second-order valence-electron chi connectivity index (χ2n) is 3.71. The molecule has 0 aliphatic rings. The van der Waals surface area contributed by atoms with Crippen molar-refractivity contribution in [1.82, 2.24) is 4.98 Å². The Kier molecular flexibility index (Phi) is 5.59. The van der Waals surface area contributed by atoms with Gasteiger partial charge in [-0.1, -0.05) is 6.92 Å². The van der Waals surface area contributed by atoms with E-state index in [0.29, 0.717) is 18.8 Å². The van der Waals surface area contributed by atoms with Crippen LogP contribution in [0.25, 0.3) is 0 Å². The fourth-order valence-electron chi connectivity index (χ4n) is 1.34. The lowest BCUT2D eigenvalue weighted by molar-refractivity contribution is 0.0889. The smallest absolute Gasteiger partial charge is 0.184 e. The van der Waals surface area contributed by atoms with E-state index in [-0.39, 0.29) is 11.7 Å². The van der Waals surface area contributed by atoms with E-state index >= 15 is 0 Å². The molecule has 90 valence electrons. The highest BCUT2D eigenvalue weighted by Gasteiger charge is 2.17. The molecule has 16 heavy (non-hydrogen) atoms. The van der Waals surface area contributed by atoms with E-state index in [9.17, 15) is 4.79 Å². The molecule has 0 aromatic carbocycles. The molecule has 0 aliphatic heterocycles. The minimum Gasteiger partial charge on any atom is -0.385 e. The van der Waals surface area contributed by atoms with Gasteiger partial charge in [0.2, 0.25) is 0 Å². The van der Waals surface area contributed by atoms with Crippen LogP contribution in [0.3, 0.4) is 0 Å². The number of nitrogens with zero attached hydrogens (tertiary/aromatic N) is 1. The van der Waals surface area contributed by atoms with Gasteiger partial charge < -0.3 is 10.5 Å². The minimum atomic E-state index is -0.0345. The molecule has 0 amide bonds. The lowest BCUT2D eigenvalue weighted by Gasteiger charge is -2.07. The normalized spacial score (nSPS) is 12.7. The van der Waals surface area contributed by atoms with Crippen LogP contribution in [0.4, 0.5) is 0 Å². The molecule has 1 unspecified atom stereocenters. The van der Waals surface area contributed by atoms with Crippen LogP contribution in [0.1, 0.15) is 28.8 Å². The molecule has 1 aromatic heterocycles. The Morgan fingerprint density at radius 2 is 2.44 bits per heavy atom. The van der Waals surface area contributed by atoms with E-state index in [1.165, 1.54) is 11.3 Å². The highest BCUT2D eigenvalue weighted by Crippen LogP contribution is 2.15. The molecule has 0 spiro atoms. The number of thiazole rings is 1. The predicted molar refractivity (Wildman–Crippen MR) is 64.9 cm³/mol. The number of methoxy groups -OCH3 is 1. The number of carbonyl (C=O) groups is 1. The van der Waals surface area contributed by atoms with Crippen LogP contribution in [0.2, 0.25) is 0 Å². The van der Waals surface area contributed by atoms with E-state index in [4.69, 9.17) is 10.5 Å². The Morgan fingerprint density at radius 3 is 3.06 bits per heavy atom. The Balaban J connectivity index is 2.57. The summed E-state index contributed by atoms with van der Waals surface area (Å²) in [6, 6.07) is 0. The van der Waals surface area contributed by atoms with Crippen LogP contribution in [-0.4, -0.2) is 31.0 Å². The zero-order valence-corrected chi connectivity index (χ0v) is 10.5. The number of nitrogens with two attached hydrogens (primary N) is 1. The van der Waals surface area contributed by atoms with Gasteiger partial charge in [-0.15, -0.1) is 11.3 Å². The molecular formula is C11H18N2O2S. The summed E-state index contributed by atoms with van der Waals surface area (Å²) in [5, 5.41) is 2.75. The number of rotatable bonds is 7. The molecule has 1 aromatic rings. The van der Waals surface area contributed by atoms with Crippen molar-refractivity contribution in [3.8, 4) is 0 Å². The van der Waals surface area contributed by atoms with Crippen molar-refractivity contribution in [2.45, 2.75) is 19.8 Å². The topological polar surface area (TPSA) is 65.2 Å². The van der Waals surface area contributed by atoms with Gasteiger partial charge >= 0.3 is 0 Å². The summed E-state index contributed by atoms with van der Waals surface area (Å²) in [6.45, 7) is 3.08. The molecule has 0 saturated heterocycles. The van der Waals surface area contributed by atoms with Gasteiger partial charge in [0, 0.05) is 31.4 Å². The van der Waals surface area contributed by atoms with Crippen LogP contribution in [0.15, 0.2) is 5.38 Å². The summed E-state index contributed by atoms with van der Waals surface area (Å²) < 4.78 is 4.96. The second kappa shape index (κ2) is 6.73. The quantitative estimate of drug-likeness (QED) is 0.736. The summed E-state index contributed by atoms with van der Waals surface area (Å²) in [6.07, 6.45) is 1.48. The highest BCUT2D eigenvalue weighted by molar-refractivity contribution is 7.09. The van der Waals surface area contributed by atoms with Gasteiger partial charge in [0.15, 0.2) is 5.78 Å². The third-order valence-electron chi connectivity index (χ3n) is 2.36. The molecule has 0 bridgehead atoms. The molecule has 5 heteroatoms. The molecule has 0 radical (unpaired) electrons. The van der Waals surface area contributed by atoms with E-state index < -0.39 is 0 Å². The molecule has 0 saturated carbocycles. The summed E-state index contributed by atoms with van der Waals surface area (Å²) in [7, 11) is 1.64. The second-order valence-corrected chi connectivity index (χ2v) is 4.65. The Hall–Kier alpha value is -0.780. The number of Topliss-reactive ketones (excluding diaryl/α,β-unsaturated/α-hetero) is 1. The fraction of sp³-hybridized carbons (Fsp3) is 0.636. The zero-order valence-electron chi connectivity index (χ0n) is 9.73. The lowest BCUT2D eigenvalue weighted by Crippen LogP contribution is -2.14. The van der Waals surface area contributed by atoms with Crippen molar-refractivity contribution < 1.29 is 9.53 Å². The van der Waals surface area contributed by atoms with Gasteiger partial charge in [-0.2, -0.15) is 0 Å². The van der Waals surface area contributed by atoms with Crippen LogP contribution >= 0.6 is 11.3 Å². The number of aromatic nitrogens is 1. The van der Waals surface area contributed by atoms with Gasteiger partial charge in [0.25, 0.3) is 0 Å². The van der Waals surface area contributed by atoms with Crippen molar-refractivity contribution in [3.63, 3.8) is 0 Å². The molecule has 0 fully saturated rings. The third-order valence-corrected chi connectivity index (χ3v) is 3.27. The van der Waals surface area contributed by atoms with E-state index in [2.05, 4.69) is 4.98 Å². The maximum absolute atomic E-state index is 11.9. The molecule has 1 heterocycles. The first-order valence-corrected chi connectivity index (χ1v) is 6.24. The molecule has 4 nitrogen and oxygen atoms in total. The van der Waals surface area contributed by atoms with Gasteiger partial charge in [0.1, 0.15) is 5.69 Å². The average molecular weight is 242 g/mol. The molecular weight excluding hydrogens is 224 g/mol. The van der Waals surface area contributed by atoms with Crippen molar-refractivity contribution in [3.05, 3.63) is 16.1 Å². The van der Waals surface area contributed by atoms with Crippen LogP contribution in [0, 0.1) is 5.92 Å². The average Bonchev–Trinajstić information content (AvgIpc) is 2.74. The number of ketones is 1. The first-order chi connectivity index (χ1) is 7.69. The van der Waals surface area contributed by atoms with E-state index in [1.807, 2.05) is 12.3 Å². The van der Waals surface area contributed by atoms with Gasteiger partial charge in [-0.3, -0.25) is 4.79 Å². The number of hydrogen-bond acceptors (Lipinski definition) is 5. The Morgan fingerprint density at radius 1 is 1.69 bits per heavy atom. The predicted octanol–water partition coefficient (Wildman–Crippen LogP) is 1.50. The maximum atomic E-state index is 11.9. The van der Waals surface area contributed by atoms with Crippen molar-refractivity contribution in [2.24, 2.45) is 11.7 Å². The third kappa shape index (κ3) is 3.66. The number of carbonyl (C=O) groups excluding carboxylic acids is 1. The highest BCUT2D eigenvalue weighted by atomic mass is 32.1. The van der Waals surface area contributed by atoms with Crippen LogP contribution < -0.4 is 5.73 Å². The summed E-state index contributed by atoms with van der Waals surface area (Å²) in [4.78, 5) is 16.2. The zero-order chi connectivity index (χ0) is 12.0. The molecule has 0 aliphatic carbocycles. The molecule has 2 N–H and O–H groups in total. The van der Waals surface area contributed by atoms with Gasteiger partial charge in [0.05, 0.1) is 5.01 Å². The summed E-state index contributed by atoms with van der Waals surface area (Å²) in [5.41, 5.74) is 6.00. The van der Waals surface area contributed by atoms with Crippen LogP contribution in [-0.2, 0) is 11.2 Å². The summed E-state index contributed by atoms with van der Waals surface area (Å²) in [5.74, 6) is 0.0596. The first-order valence-electron chi connectivity index (χ1n) is 5.36. The fourth-order valence-corrected chi connectivity index (χ4v) is 2.14. The van der Waals surface area contributed by atoms with E-state index in [0.717, 1.165) is 17.8 Å². The number of hydrogen-bond donors (Lipinski definition) is 1. The molecule has 1 rings (SSSR count). The monoisotopic (exact) mass is 242 g/mol. The summed E-state index contributed by atoms with van der Waals surface area (Å²) >= 11 is 1.50. The van der Waals surface area contributed by atoms with Crippen molar-refractivity contribution in [1.29, 1.82) is 0 Å². The first kappa shape index (κ1) is 13.3.